The highest BCUT2D eigenvalue weighted by Gasteiger charge is 2.30. The van der Waals surface area contributed by atoms with E-state index in [1.54, 1.807) is 72.8 Å². The van der Waals surface area contributed by atoms with E-state index < -0.39 is 7.75 Å². The summed E-state index contributed by atoms with van der Waals surface area (Å²) in [7, 11) is -3.85. The molecule has 3 aromatic carbocycles. The van der Waals surface area contributed by atoms with Crippen molar-refractivity contribution in [2.75, 3.05) is 5.32 Å². The first kappa shape index (κ1) is 19.2. The summed E-state index contributed by atoms with van der Waals surface area (Å²) in [4.78, 5) is 0. The van der Waals surface area contributed by atoms with Crippen molar-refractivity contribution in [2.24, 2.45) is 0 Å². The molecule has 8 heteroatoms. The molecule has 138 valence electrons. The molecule has 5 nitrogen and oxygen atoms in total. The van der Waals surface area contributed by atoms with Crippen LogP contribution < -0.4 is 19.5 Å². The quantitative estimate of drug-likeness (QED) is 0.384. The Bertz CT molecular complexity index is 912. The fraction of sp³-hybridized carbons (Fsp3) is 0. The molecule has 27 heavy (non-hydrogen) atoms. The van der Waals surface area contributed by atoms with Gasteiger partial charge in [-0.3, -0.25) is 0 Å². The van der Waals surface area contributed by atoms with Crippen molar-refractivity contribution < 1.29 is 13.6 Å². The number of anilines is 1. The summed E-state index contributed by atoms with van der Waals surface area (Å²) in [6.45, 7) is 0. The molecule has 0 saturated heterocycles. The standard InChI is InChI=1S/C19H16ClN2O3PS/c20-15-8-7-9-16(14-15)21-19(27)22-26(23,24-17-10-3-1-4-11-17)25-18-12-5-2-6-13-18/h1-14H,(H2,21,22,23,27). The molecule has 0 unspecified atom stereocenters. The lowest BCUT2D eigenvalue weighted by molar-refractivity contribution is 0.381. The zero-order chi connectivity index (χ0) is 19.1. The zero-order valence-electron chi connectivity index (χ0n) is 14.0. The number of para-hydroxylation sites is 2. The van der Waals surface area contributed by atoms with Crippen LogP contribution in [0, 0.1) is 0 Å². The van der Waals surface area contributed by atoms with Crippen molar-refractivity contribution in [2.45, 2.75) is 0 Å². The highest BCUT2D eigenvalue weighted by Crippen LogP contribution is 2.44. The Morgan fingerprint density at radius 2 is 1.41 bits per heavy atom. The van der Waals surface area contributed by atoms with Gasteiger partial charge in [-0.25, -0.2) is 9.65 Å². The fourth-order valence-electron chi connectivity index (χ4n) is 2.15. The maximum Gasteiger partial charge on any atom is 0.543 e. The Labute approximate surface area is 167 Å². The van der Waals surface area contributed by atoms with E-state index in [2.05, 4.69) is 10.4 Å². The Morgan fingerprint density at radius 1 is 0.852 bits per heavy atom. The van der Waals surface area contributed by atoms with Crippen molar-refractivity contribution in [3.63, 3.8) is 0 Å². The van der Waals surface area contributed by atoms with Gasteiger partial charge in [0, 0.05) is 10.7 Å². The third-order valence-electron chi connectivity index (χ3n) is 3.26. The number of rotatable bonds is 6. The summed E-state index contributed by atoms with van der Waals surface area (Å²) in [5.41, 5.74) is 0.644. The van der Waals surface area contributed by atoms with Crippen LogP contribution in [0.25, 0.3) is 0 Å². The number of nitrogens with one attached hydrogen (secondary N) is 2. The molecule has 0 bridgehead atoms. The minimum Gasteiger partial charge on any atom is -0.400 e. The van der Waals surface area contributed by atoms with Gasteiger partial charge in [-0.2, -0.15) is 0 Å². The number of benzene rings is 3. The van der Waals surface area contributed by atoms with Gasteiger partial charge in [-0.05, 0) is 54.7 Å². The molecule has 0 spiro atoms. The Morgan fingerprint density at radius 3 is 1.93 bits per heavy atom. The number of hydrogen-bond donors (Lipinski definition) is 2. The van der Waals surface area contributed by atoms with Crippen molar-refractivity contribution in [1.29, 1.82) is 0 Å². The molecular formula is C19H16ClN2O3PS. The maximum absolute atomic E-state index is 13.3. The second-order valence-corrected chi connectivity index (χ2v) is 7.81. The molecule has 0 aliphatic rings. The van der Waals surface area contributed by atoms with E-state index in [1.165, 1.54) is 0 Å². The van der Waals surface area contributed by atoms with E-state index in [1.807, 2.05) is 12.1 Å². The maximum atomic E-state index is 13.3. The molecular weight excluding hydrogens is 403 g/mol. The first-order valence-electron chi connectivity index (χ1n) is 7.97. The molecule has 3 rings (SSSR count). The lowest BCUT2D eigenvalue weighted by Crippen LogP contribution is -2.29. The van der Waals surface area contributed by atoms with Crippen LogP contribution in [0.2, 0.25) is 5.02 Å². The van der Waals surface area contributed by atoms with Gasteiger partial charge in [0.15, 0.2) is 5.11 Å². The average molecular weight is 419 g/mol. The summed E-state index contributed by atoms with van der Waals surface area (Å²) in [5, 5.41) is 6.18. The molecule has 0 heterocycles. The molecule has 0 aliphatic heterocycles. The van der Waals surface area contributed by atoms with E-state index >= 15 is 0 Å². The van der Waals surface area contributed by atoms with E-state index in [0.717, 1.165) is 0 Å². The summed E-state index contributed by atoms with van der Waals surface area (Å²) in [6, 6.07) is 24.4. The van der Waals surface area contributed by atoms with E-state index in [9.17, 15) is 4.57 Å². The van der Waals surface area contributed by atoms with Gasteiger partial charge in [0.05, 0.1) is 0 Å². The predicted octanol–water partition coefficient (Wildman–Crippen LogP) is 5.89. The summed E-state index contributed by atoms with van der Waals surface area (Å²) in [5.74, 6) is 0.768. The minimum atomic E-state index is -3.85. The topological polar surface area (TPSA) is 59.6 Å². The lowest BCUT2D eigenvalue weighted by Gasteiger charge is -2.21. The molecule has 2 N–H and O–H groups in total. The van der Waals surface area contributed by atoms with Gasteiger partial charge >= 0.3 is 7.75 Å². The van der Waals surface area contributed by atoms with Gasteiger partial charge in [0.25, 0.3) is 0 Å². The van der Waals surface area contributed by atoms with Crippen LogP contribution in [-0.4, -0.2) is 5.11 Å². The SMILES string of the molecule is O=P(NC(=S)Nc1cccc(Cl)c1)(Oc1ccccc1)Oc1ccccc1. The Balaban J connectivity index is 1.78. The van der Waals surface area contributed by atoms with Crippen LogP contribution in [0.3, 0.4) is 0 Å². The van der Waals surface area contributed by atoms with Crippen LogP contribution in [0.1, 0.15) is 0 Å². The van der Waals surface area contributed by atoms with Gasteiger partial charge in [-0.15, -0.1) is 0 Å². The van der Waals surface area contributed by atoms with Gasteiger partial charge in [0.1, 0.15) is 11.5 Å². The van der Waals surface area contributed by atoms with Crippen LogP contribution >= 0.6 is 31.6 Å². The predicted molar refractivity (Wildman–Crippen MR) is 113 cm³/mol. The number of thiocarbonyl (C=S) groups is 1. The lowest BCUT2D eigenvalue weighted by atomic mass is 10.3. The zero-order valence-corrected chi connectivity index (χ0v) is 16.5. The Kier molecular flexibility index (Phi) is 6.35. The summed E-state index contributed by atoms with van der Waals surface area (Å²) in [6.07, 6.45) is 0. The third kappa shape index (κ3) is 6.00. The van der Waals surface area contributed by atoms with Crippen LogP contribution in [0.5, 0.6) is 11.5 Å². The van der Waals surface area contributed by atoms with Crippen molar-refractivity contribution >= 4 is 42.4 Å². The van der Waals surface area contributed by atoms with Crippen molar-refractivity contribution in [3.05, 3.63) is 90.0 Å². The van der Waals surface area contributed by atoms with Crippen LogP contribution in [0.15, 0.2) is 84.9 Å². The van der Waals surface area contributed by atoms with Crippen LogP contribution in [-0.2, 0) is 4.57 Å². The average Bonchev–Trinajstić information content (AvgIpc) is 2.62. The number of hydrogen-bond acceptors (Lipinski definition) is 4. The second-order valence-electron chi connectivity index (χ2n) is 5.38. The summed E-state index contributed by atoms with van der Waals surface area (Å²) < 4.78 is 24.5. The normalized spacial score (nSPS) is 10.7. The fourth-order valence-corrected chi connectivity index (χ4v) is 4.03. The molecule has 0 saturated carbocycles. The van der Waals surface area contributed by atoms with Crippen molar-refractivity contribution in [1.82, 2.24) is 5.09 Å². The number of halogens is 1. The second kappa shape index (κ2) is 8.91. The van der Waals surface area contributed by atoms with E-state index in [4.69, 9.17) is 32.9 Å². The van der Waals surface area contributed by atoms with E-state index in [-0.39, 0.29) is 5.11 Å². The highest BCUT2D eigenvalue weighted by atomic mass is 35.5. The van der Waals surface area contributed by atoms with Crippen molar-refractivity contribution in [3.8, 4) is 11.5 Å². The van der Waals surface area contributed by atoms with Gasteiger partial charge < -0.3 is 14.4 Å². The van der Waals surface area contributed by atoms with E-state index in [0.29, 0.717) is 22.2 Å². The molecule has 0 radical (unpaired) electrons. The smallest absolute Gasteiger partial charge is 0.400 e. The Hall–Kier alpha value is -2.53. The molecule has 0 aromatic heterocycles. The molecule has 0 atom stereocenters. The van der Waals surface area contributed by atoms with Gasteiger partial charge in [0.2, 0.25) is 0 Å². The highest BCUT2D eigenvalue weighted by molar-refractivity contribution is 7.81. The largest absolute Gasteiger partial charge is 0.543 e. The first-order valence-corrected chi connectivity index (χ1v) is 10.3. The monoisotopic (exact) mass is 418 g/mol. The molecule has 0 fully saturated rings. The summed E-state index contributed by atoms with van der Waals surface area (Å²) >= 11 is 11.2. The first-order chi connectivity index (χ1) is 13.0. The molecule has 0 amide bonds. The minimum absolute atomic E-state index is 0.0764. The third-order valence-corrected chi connectivity index (χ3v) is 5.25. The molecule has 3 aromatic rings. The van der Waals surface area contributed by atoms with Gasteiger partial charge in [-0.1, -0.05) is 54.1 Å². The van der Waals surface area contributed by atoms with Crippen LogP contribution in [0.4, 0.5) is 5.69 Å². The molecule has 0 aliphatic carbocycles.